The van der Waals surface area contributed by atoms with Crippen LogP contribution in [0, 0.1) is 0 Å². The molecule has 2 rings (SSSR count). The van der Waals surface area contributed by atoms with Gasteiger partial charge in [0.1, 0.15) is 0 Å². The minimum absolute atomic E-state index is 0.0921. The van der Waals surface area contributed by atoms with E-state index in [1.54, 1.807) is 0 Å². The standard InChI is InChI=1S/C17H29BO2Si/c1-14(18-19-16(2,3)17(4,5)20-18)13-21(6,7)15-11-9-8-10-12-15/h8-12,14H,13H2,1-7H3/t14-/m0/s1. The molecule has 1 saturated heterocycles. The quantitative estimate of drug-likeness (QED) is 0.780. The van der Waals surface area contributed by atoms with E-state index in [1.165, 1.54) is 11.2 Å². The van der Waals surface area contributed by atoms with Crippen molar-refractivity contribution < 1.29 is 9.31 Å². The average Bonchev–Trinajstić information content (AvgIpc) is 2.59. The van der Waals surface area contributed by atoms with Crippen molar-refractivity contribution in [1.29, 1.82) is 0 Å². The van der Waals surface area contributed by atoms with Crippen LogP contribution in [0.15, 0.2) is 30.3 Å². The summed E-state index contributed by atoms with van der Waals surface area (Å²) in [5.41, 5.74) is -0.464. The highest BCUT2D eigenvalue weighted by atomic mass is 28.3. The monoisotopic (exact) mass is 304 g/mol. The molecule has 2 nitrogen and oxygen atoms in total. The Balaban J connectivity index is 2.07. The normalized spacial score (nSPS) is 22.3. The molecule has 0 bridgehead atoms. The number of hydrogen-bond acceptors (Lipinski definition) is 2. The average molecular weight is 304 g/mol. The van der Waals surface area contributed by atoms with Crippen LogP contribution in [0.25, 0.3) is 0 Å². The van der Waals surface area contributed by atoms with Crippen molar-refractivity contribution in [3.63, 3.8) is 0 Å². The summed E-state index contributed by atoms with van der Waals surface area (Å²) in [4.78, 5) is 0. The molecule has 0 unspecified atom stereocenters. The van der Waals surface area contributed by atoms with E-state index in [0.29, 0.717) is 5.82 Å². The summed E-state index contributed by atoms with van der Waals surface area (Å²) >= 11 is 0. The van der Waals surface area contributed by atoms with Crippen LogP contribution in [0.4, 0.5) is 0 Å². The van der Waals surface area contributed by atoms with Crippen molar-refractivity contribution in [2.45, 2.75) is 70.8 Å². The molecular formula is C17H29BO2Si. The third-order valence-corrected chi connectivity index (χ3v) is 8.68. The molecule has 4 heteroatoms. The van der Waals surface area contributed by atoms with Crippen LogP contribution in [0.5, 0.6) is 0 Å². The van der Waals surface area contributed by atoms with Gasteiger partial charge in [-0.3, -0.25) is 0 Å². The van der Waals surface area contributed by atoms with Gasteiger partial charge in [-0.25, -0.2) is 0 Å². The molecular weight excluding hydrogens is 275 g/mol. The second-order valence-corrected chi connectivity index (χ2v) is 12.8. The molecule has 0 spiro atoms. The van der Waals surface area contributed by atoms with Crippen molar-refractivity contribution in [3.05, 3.63) is 30.3 Å². The maximum atomic E-state index is 6.21. The first kappa shape index (κ1) is 16.8. The summed E-state index contributed by atoms with van der Waals surface area (Å²) in [7, 11) is -1.55. The van der Waals surface area contributed by atoms with Crippen molar-refractivity contribution in [2.75, 3.05) is 0 Å². The molecule has 0 radical (unpaired) electrons. The van der Waals surface area contributed by atoms with Crippen LogP contribution in [-0.2, 0) is 9.31 Å². The third-order valence-electron chi connectivity index (χ3n) is 5.12. The zero-order valence-electron chi connectivity index (χ0n) is 14.6. The third kappa shape index (κ3) is 3.44. The van der Waals surface area contributed by atoms with Crippen LogP contribution in [-0.4, -0.2) is 26.4 Å². The molecule has 0 saturated carbocycles. The van der Waals surface area contributed by atoms with Gasteiger partial charge in [0.25, 0.3) is 0 Å². The van der Waals surface area contributed by atoms with Gasteiger partial charge < -0.3 is 9.31 Å². The summed E-state index contributed by atoms with van der Waals surface area (Å²) in [5, 5.41) is 1.51. The lowest BCUT2D eigenvalue weighted by Crippen LogP contribution is -2.43. The highest BCUT2D eigenvalue weighted by Crippen LogP contribution is 2.41. The Labute approximate surface area is 131 Å². The Kier molecular flexibility index (Phi) is 4.45. The minimum atomic E-state index is -1.46. The van der Waals surface area contributed by atoms with Crippen molar-refractivity contribution >= 4 is 20.4 Å². The molecule has 1 aromatic carbocycles. The molecule has 1 heterocycles. The second kappa shape index (κ2) is 5.56. The fourth-order valence-electron chi connectivity index (χ4n) is 3.03. The summed E-state index contributed by atoms with van der Waals surface area (Å²) in [6.45, 7) is 15.6. The summed E-state index contributed by atoms with van der Waals surface area (Å²) in [5.74, 6) is 0.410. The van der Waals surface area contributed by atoms with Crippen LogP contribution in [0.2, 0.25) is 25.0 Å². The van der Waals surface area contributed by atoms with E-state index < -0.39 is 8.07 Å². The predicted molar refractivity (Wildman–Crippen MR) is 93.9 cm³/mol. The highest BCUT2D eigenvalue weighted by Gasteiger charge is 2.53. The van der Waals surface area contributed by atoms with Gasteiger partial charge in [0.2, 0.25) is 0 Å². The molecule has 1 atom stereocenters. The zero-order chi connectivity index (χ0) is 15.9. The minimum Gasteiger partial charge on any atom is -0.403 e. The van der Waals surface area contributed by atoms with Crippen molar-refractivity contribution in [1.82, 2.24) is 0 Å². The largest absolute Gasteiger partial charge is 0.460 e. The Bertz CT molecular complexity index is 469. The molecule has 1 fully saturated rings. The summed E-state index contributed by atoms with van der Waals surface area (Å²) in [6, 6.07) is 12.1. The van der Waals surface area contributed by atoms with E-state index in [1.807, 2.05) is 0 Å². The van der Waals surface area contributed by atoms with E-state index in [0.717, 1.165) is 0 Å². The maximum absolute atomic E-state index is 6.21. The van der Waals surface area contributed by atoms with Gasteiger partial charge in [-0.15, -0.1) is 0 Å². The van der Waals surface area contributed by atoms with Crippen LogP contribution < -0.4 is 5.19 Å². The van der Waals surface area contributed by atoms with Crippen LogP contribution in [0.1, 0.15) is 34.6 Å². The van der Waals surface area contributed by atoms with E-state index >= 15 is 0 Å². The smallest absolute Gasteiger partial charge is 0.403 e. The van der Waals surface area contributed by atoms with Gasteiger partial charge in [-0.05, 0) is 33.5 Å². The fourth-order valence-corrected chi connectivity index (χ4v) is 6.16. The molecule has 21 heavy (non-hydrogen) atoms. The Morgan fingerprint density at radius 1 is 1.00 bits per heavy atom. The first-order valence-corrected chi connectivity index (χ1v) is 11.2. The molecule has 0 N–H and O–H groups in total. The second-order valence-electron chi connectivity index (χ2n) is 8.06. The van der Waals surface area contributed by atoms with E-state index in [4.69, 9.17) is 9.31 Å². The Morgan fingerprint density at radius 3 is 1.95 bits per heavy atom. The number of rotatable bonds is 4. The molecule has 1 aliphatic heterocycles. The molecule has 0 aliphatic carbocycles. The Hall–Kier alpha value is -0.578. The first-order valence-electron chi connectivity index (χ1n) is 7.96. The summed E-state index contributed by atoms with van der Waals surface area (Å²) < 4.78 is 12.4. The zero-order valence-corrected chi connectivity index (χ0v) is 15.6. The van der Waals surface area contributed by atoms with Crippen LogP contribution >= 0.6 is 0 Å². The van der Waals surface area contributed by atoms with E-state index in [-0.39, 0.29) is 18.3 Å². The van der Waals surface area contributed by atoms with Crippen molar-refractivity contribution in [3.8, 4) is 0 Å². The van der Waals surface area contributed by atoms with Crippen molar-refractivity contribution in [2.24, 2.45) is 0 Å². The lowest BCUT2D eigenvalue weighted by Gasteiger charge is -2.32. The first-order chi connectivity index (χ1) is 9.55. The van der Waals surface area contributed by atoms with Gasteiger partial charge in [0.05, 0.1) is 19.3 Å². The van der Waals surface area contributed by atoms with Gasteiger partial charge in [-0.1, -0.05) is 61.6 Å². The number of hydrogen-bond donors (Lipinski definition) is 0. The maximum Gasteiger partial charge on any atom is 0.460 e. The van der Waals surface area contributed by atoms with Gasteiger partial charge in [0.15, 0.2) is 0 Å². The lowest BCUT2D eigenvalue weighted by atomic mass is 9.74. The fraction of sp³-hybridized carbons (Fsp3) is 0.647. The highest BCUT2D eigenvalue weighted by molar-refractivity contribution is 6.90. The van der Waals surface area contributed by atoms with Gasteiger partial charge >= 0.3 is 7.12 Å². The molecule has 0 aromatic heterocycles. The molecule has 0 amide bonds. The Morgan fingerprint density at radius 2 is 1.48 bits per heavy atom. The van der Waals surface area contributed by atoms with Gasteiger partial charge in [0, 0.05) is 0 Å². The van der Waals surface area contributed by atoms with Crippen LogP contribution in [0.3, 0.4) is 0 Å². The summed E-state index contributed by atoms with van der Waals surface area (Å²) in [6.07, 6.45) is 0. The topological polar surface area (TPSA) is 18.5 Å². The lowest BCUT2D eigenvalue weighted by molar-refractivity contribution is 0.00578. The van der Waals surface area contributed by atoms with E-state index in [2.05, 4.69) is 78.0 Å². The van der Waals surface area contributed by atoms with Gasteiger partial charge in [-0.2, -0.15) is 0 Å². The SMILES string of the molecule is C[C@@H](C[Si](C)(C)c1ccccc1)B1OC(C)(C)C(C)(C)O1. The molecule has 116 valence electrons. The number of benzene rings is 1. The van der Waals surface area contributed by atoms with E-state index in [9.17, 15) is 0 Å². The molecule has 1 aromatic rings. The predicted octanol–water partition coefficient (Wildman–Crippen LogP) is 4.08. The molecule has 1 aliphatic rings.